The van der Waals surface area contributed by atoms with Gasteiger partial charge >= 0.3 is 0 Å². The molecule has 0 radical (unpaired) electrons. The molecular formula is C18H19FN4O5S2. The molecule has 2 amide bonds. The molecule has 30 heavy (non-hydrogen) atoms. The summed E-state index contributed by atoms with van der Waals surface area (Å²) in [6.45, 7) is -0.399. The quantitative estimate of drug-likeness (QED) is 0.479. The summed E-state index contributed by atoms with van der Waals surface area (Å²) in [6, 6.07) is 5.63. The van der Waals surface area contributed by atoms with Gasteiger partial charge in [0, 0.05) is 19.7 Å². The molecule has 0 spiro atoms. The molecule has 0 bridgehead atoms. The summed E-state index contributed by atoms with van der Waals surface area (Å²) in [5.41, 5.74) is 0.0455. The molecule has 0 aliphatic heterocycles. The van der Waals surface area contributed by atoms with Crippen molar-refractivity contribution in [3.63, 3.8) is 0 Å². The fourth-order valence-electron chi connectivity index (χ4n) is 2.35. The molecule has 1 heterocycles. The maximum atomic E-state index is 13.1. The zero-order valence-electron chi connectivity index (χ0n) is 16.2. The van der Waals surface area contributed by atoms with Gasteiger partial charge in [-0.25, -0.2) is 13.4 Å². The maximum Gasteiger partial charge on any atom is 0.280 e. The number of carbonyl (C=O) groups excluding carboxylic acids is 2. The van der Waals surface area contributed by atoms with Crippen LogP contribution in [0.1, 0.15) is 18.4 Å². The van der Waals surface area contributed by atoms with Gasteiger partial charge in [0.05, 0.1) is 16.3 Å². The minimum Gasteiger partial charge on any atom is -0.385 e. The number of halogens is 1. The minimum atomic E-state index is -3.38. The van der Waals surface area contributed by atoms with E-state index in [2.05, 4.69) is 15.5 Å². The van der Waals surface area contributed by atoms with Crippen molar-refractivity contribution in [2.75, 3.05) is 26.0 Å². The number of sulfone groups is 1. The van der Waals surface area contributed by atoms with E-state index in [1.54, 1.807) is 14.1 Å². The number of rotatable bonds is 8. The molecule has 0 unspecified atom stereocenters. The average molecular weight is 455 g/mol. The van der Waals surface area contributed by atoms with E-state index < -0.39 is 27.5 Å². The number of aromatic nitrogens is 1. The smallest absolute Gasteiger partial charge is 0.280 e. The Morgan fingerprint density at radius 3 is 2.50 bits per heavy atom. The second-order valence-electron chi connectivity index (χ2n) is 6.69. The highest BCUT2D eigenvalue weighted by molar-refractivity contribution is 7.92. The first-order chi connectivity index (χ1) is 14.2. The van der Waals surface area contributed by atoms with Crippen molar-refractivity contribution in [3.05, 3.63) is 41.2 Å². The number of nitrogens with one attached hydrogen (secondary N) is 1. The number of carbonyl (C=O) groups is 2. The summed E-state index contributed by atoms with van der Waals surface area (Å²) in [6.07, 6.45) is 2.23. The molecule has 1 aliphatic rings. The lowest BCUT2D eigenvalue weighted by Gasteiger charge is -2.10. The van der Waals surface area contributed by atoms with Gasteiger partial charge in [0.25, 0.3) is 11.8 Å². The van der Waals surface area contributed by atoms with Crippen LogP contribution in [0, 0.1) is 5.13 Å². The van der Waals surface area contributed by atoms with E-state index in [1.807, 2.05) is 0 Å². The molecule has 1 fully saturated rings. The van der Waals surface area contributed by atoms with Crippen molar-refractivity contribution in [2.45, 2.75) is 23.0 Å². The van der Waals surface area contributed by atoms with E-state index >= 15 is 0 Å². The van der Waals surface area contributed by atoms with Gasteiger partial charge in [-0.05, 0) is 25.0 Å². The molecule has 3 rings (SSSR count). The average Bonchev–Trinajstić information content (AvgIpc) is 3.49. The molecule has 12 heteroatoms. The fourth-order valence-corrected chi connectivity index (χ4v) is 4.54. The van der Waals surface area contributed by atoms with Crippen molar-refractivity contribution in [2.24, 2.45) is 5.16 Å². The van der Waals surface area contributed by atoms with Crippen LogP contribution in [-0.2, 0) is 24.3 Å². The zero-order chi connectivity index (χ0) is 21.9. The zero-order valence-corrected chi connectivity index (χ0v) is 17.8. The standard InChI is InChI=1S/C18H19FN4O5S2/c1-23(2)15(24)10-28-22-16(17(25)21-18-20-9-14(19)29-18)11-3-5-12(6-4-11)30(26,27)13-7-8-13/h3-6,9,13H,7-8,10H2,1-2H3,(H,20,21,25)/b22-16+. The first-order valence-electron chi connectivity index (χ1n) is 8.85. The summed E-state index contributed by atoms with van der Waals surface area (Å²) >= 11 is 0.632. The highest BCUT2D eigenvalue weighted by Crippen LogP contribution is 2.33. The summed E-state index contributed by atoms with van der Waals surface area (Å²) in [5.74, 6) is -1.12. The third-order valence-electron chi connectivity index (χ3n) is 4.18. The number of hydrogen-bond acceptors (Lipinski definition) is 8. The van der Waals surface area contributed by atoms with Gasteiger partial charge in [-0.1, -0.05) is 28.6 Å². The second-order valence-corrected chi connectivity index (χ2v) is 9.90. The largest absolute Gasteiger partial charge is 0.385 e. The number of benzene rings is 1. The number of likely N-dealkylation sites (N-methyl/N-ethyl adjacent to an activating group) is 1. The van der Waals surface area contributed by atoms with Crippen LogP contribution >= 0.6 is 11.3 Å². The molecule has 1 saturated carbocycles. The lowest BCUT2D eigenvalue weighted by atomic mass is 10.1. The number of amides is 2. The molecule has 0 atom stereocenters. The molecule has 1 aromatic heterocycles. The van der Waals surface area contributed by atoms with Gasteiger partial charge in [0.15, 0.2) is 32.4 Å². The molecule has 160 valence electrons. The normalized spacial score (nSPS) is 14.3. The molecule has 1 N–H and O–H groups in total. The van der Waals surface area contributed by atoms with Crippen molar-refractivity contribution >= 4 is 43.8 Å². The van der Waals surface area contributed by atoms with Crippen LogP contribution < -0.4 is 5.32 Å². The maximum absolute atomic E-state index is 13.1. The Balaban J connectivity index is 1.84. The predicted molar refractivity (Wildman–Crippen MR) is 109 cm³/mol. The van der Waals surface area contributed by atoms with Gasteiger partial charge < -0.3 is 9.74 Å². The first-order valence-corrected chi connectivity index (χ1v) is 11.2. The van der Waals surface area contributed by atoms with E-state index in [0.717, 1.165) is 6.20 Å². The van der Waals surface area contributed by atoms with Crippen LogP contribution in [0.25, 0.3) is 0 Å². The van der Waals surface area contributed by atoms with Crippen LogP contribution in [0.5, 0.6) is 0 Å². The van der Waals surface area contributed by atoms with Gasteiger partial charge in [-0.2, -0.15) is 4.39 Å². The third kappa shape index (κ3) is 5.19. The molecular weight excluding hydrogens is 435 g/mol. The molecule has 2 aromatic rings. The number of anilines is 1. The van der Waals surface area contributed by atoms with Crippen LogP contribution in [0.15, 0.2) is 40.5 Å². The lowest BCUT2D eigenvalue weighted by Crippen LogP contribution is -2.27. The van der Waals surface area contributed by atoms with Crippen LogP contribution in [0.2, 0.25) is 0 Å². The van der Waals surface area contributed by atoms with Crippen molar-refractivity contribution in [1.29, 1.82) is 0 Å². The SMILES string of the molecule is CN(C)C(=O)CO/N=C(/C(=O)Nc1ncc(F)s1)c1ccc(S(=O)(=O)C2CC2)cc1. The summed E-state index contributed by atoms with van der Waals surface area (Å²) in [5, 5.41) is 5.23. The van der Waals surface area contributed by atoms with Crippen molar-refractivity contribution < 1.29 is 27.2 Å². The van der Waals surface area contributed by atoms with Gasteiger partial charge in [0.1, 0.15) is 0 Å². The number of oxime groups is 1. The van der Waals surface area contributed by atoms with Gasteiger partial charge in [0.2, 0.25) is 0 Å². The Morgan fingerprint density at radius 2 is 1.97 bits per heavy atom. The van der Waals surface area contributed by atoms with Gasteiger partial charge in [-0.3, -0.25) is 14.9 Å². The van der Waals surface area contributed by atoms with E-state index in [4.69, 9.17) is 4.84 Å². The van der Waals surface area contributed by atoms with E-state index in [0.29, 0.717) is 24.2 Å². The predicted octanol–water partition coefficient (Wildman–Crippen LogP) is 1.67. The van der Waals surface area contributed by atoms with E-state index in [1.165, 1.54) is 29.2 Å². The Bertz CT molecular complexity index is 1080. The summed E-state index contributed by atoms with van der Waals surface area (Å²) < 4.78 is 37.8. The summed E-state index contributed by atoms with van der Waals surface area (Å²) in [7, 11) is -0.302. The lowest BCUT2D eigenvalue weighted by molar-refractivity contribution is -0.133. The highest BCUT2D eigenvalue weighted by atomic mass is 32.2. The highest BCUT2D eigenvalue weighted by Gasteiger charge is 2.36. The Morgan fingerprint density at radius 1 is 1.30 bits per heavy atom. The van der Waals surface area contributed by atoms with Gasteiger partial charge in [-0.15, -0.1) is 0 Å². The number of hydrogen-bond donors (Lipinski definition) is 1. The molecule has 9 nitrogen and oxygen atoms in total. The first kappa shape index (κ1) is 21.8. The monoisotopic (exact) mass is 454 g/mol. The third-order valence-corrected chi connectivity index (χ3v) is 7.15. The number of nitrogens with zero attached hydrogens (tertiary/aromatic N) is 3. The minimum absolute atomic E-state index is 0.0162. The van der Waals surface area contributed by atoms with E-state index in [9.17, 15) is 22.4 Å². The molecule has 0 saturated heterocycles. The summed E-state index contributed by atoms with van der Waals surface area (Å²) in [4.78, 5) is 34.5. The van der Waals surface area contributed by atoms with Crippen LogP contribution in [0.3, 0.4) is 0 Å². The molecule has 1 aliphatic carbocycles. The second kappa shape index (κ2) is 8.88. The Hall–Kier alpha value is -2.86. The Labute approximate surface area is 176 Å². The topological polar surface area (TPSA) is 118 Å². The molecule has 1 aromatic carbocycles. The number of thiazole rings is 1. The van der Waals surface area contributed by atoms with Crippen molar-refractivity contribution in [1.82, 2.24) is 9.88 Å². The van der Waals surface area contributed by atoms with Crippen molar-refractivity contribution in [3.8, 4) is 0 Å². The van der Waals surface area contributed by atoms with Crippen LogP contribution in [0.4, 0.5) is 9.52 Å². The van der Waals surface area contributed by atoms with Crippen LogP contribution in [-0.4, -0.2) is 61.8 Å². The fraction of sp³-hybridized carbons (Fsp3) is 0.333. The Kier molecular flexibility index (Phi) is 6.46. The van der Waals surface area contributed by atoms with E-state index in [-0.39, 0.29) is 32.5 Å².